The second kappa shape index (κ2) is 5.20. The van der Waals surface area contributed by atoms with Crippen LogP contribution in [0.2, 0.25) is 0 Å². The van der Waals surface area contributed by atoms with E-state index in [0.717, 1.165) is 38.5 Å². The van der Waals surface area contributed by atoms with Gasteiger partial charge in [-0.2, -0.15) is 0 Å². The molecule has 0 radical (unpaired) electrons. The Balaban J connectivity index is 1.71. The summed E-state index contributed by atoms with van der Waals surface area (Å²) < 4.78 is 0. The molecule has 0 aromatic carbocycles. The van der Waals surface area contributed by atoms with Crippen molar-refractivity contribution in [3.8, 4) is 0 Å². The number of nitrogens with two attached hydrogens (primary N) is 1. The molecule has 0 unspecified atom stereocenters. The molecular weight excluding hydrogens is 318 g/mol. The molecule has 0 saturated heterocycles. The maximum Gasteiger partial charge on any atom is 0.324 e. The molecule has 0 amide bonds. The zero-order valence-electron chi connectivity index (χ0n) is 15.5. The van der Waals surface area contributed by atoms with Crippen molar-refractivity contribution < 1.29 is 20.1 Å². The van der Waals surface area contributed by atoms with Crippen LogP contribution in [-0.4, -0.2) is 38.5 Å². The molecule has 4 saturated carbocycles. The zero-order valence-corrected chi connectivity index (χ0v) is 15.5. The number of hydrogen-bond donors (Lipinski definition) is 4. The Morgan fingerprint density at radius 1 is 1.00 bits per heavy atom. The van der Waals surface area contributed by atoms with Gasteiger partial charge in [0.1, 0.15) is 5.54 Å². The zero-order chi connectivity index (χ0) is 18.3. The fourth-order valence-corrected chi connectivity index (χ4v) is 7.62. The molecule has 0 spiro atoms. The molecule has 142 valence electrons. The fourth-order valence-electron chi connectivity index (χ4n) is 7.62. The van der Waals surface area contributed by atoms with Crippen LogP contribution in [-0.2, 0) is 4.79 Å². The summed E-state index contributed by atoms with van der Waals surface area (Å²) in [6.07, 6.45) is 7.00. The first-order chi connectivity index (χ1) is 11.6. The van der Waals surface area contributed by atoms with Crippen LogP contribution in [0, 0.1) is 28.6 Å². The van der Waals surface area contributed by atoms with Gasteiger partial charge in [-0.15, -0.1) is 0 Å². The Morgan fingerprint density at radius 3 is 2.40 bits per heavy atom. The molecule has 5 heteroatoms. The summed E-state index contributed by atoms with van der Waals surface area (Å²) in [4.78, 5) is 11.9. The summed E-state index contributed by atoms with van der Waals surface area (Å²) >= 11 is 0. The fraction of sp³-hybridized carbons (Fsp3) is 0.950. The van der Waals surface area contributed by atoms with E-state index >= 15 is 0 Å². The normalized spacial score (nSPS) is 58.1. The van der Waals surface area contributed by atoms with E-state index in [-0.39, 0.29) is 17.4 Å². The van der Waals surface area contributed by atoms with Gasteiger partial charge in [-0.1, -0.05) is 13.8 Å². The minimum atomic E-state index is -1.33. The van der Waals surface area contributed by atoms with Crippen LogP contribution in [0.1, 0.15) is 71.6 Å². The number of carboxylic acids is 1. The highest BCUT2D eigenvalue weighted by molar-refractivity contribution is 5.81. The Bertz CT molecular complexity index is 596. The lowest BCUT2D eigenvalue weighted by Gasteiger charge is -2.64. The van der Waals surface area contributed by atoms with Crippen molar-refractivity contribution in [2.24, 2.45) is 34.3 Å². The number of fused-ring (bicyclic) bond motifs is 5. The van der Waals surface area contributed by atoms with E-state index in [1.165, 1.54) is 0 Å². The maximum absolute atomic E-state index is 11.9. The number of aliphatic carboxylic acids is 1. The Hall–Kier alpha value is -0.650. The van der Waals surface area contributed by atoms with Gasteiger partial charge < -0.3 is 21.1 Å². The SMILES string of the molecule is C[C@]12CC[C@H](O)C[C@H]1CC[C@@H]1[C@@H]2CC[C@]2(C)[C@@](N)(C(=O)O)CC[C@]12O. The van der Waals surface area contributed by atoms with Crippen molar-refractivity contribution in [3.63, 3.8) is 0 Å². The van der Waals surface area contributed by atoms with Crippen LogP contribution in [0.3, 0.4) is 0 Å². The van der Waals surface area contributed by atoms with Gasteiger partial charge in [0.05, 0.1) is 11.7 Å². The molecule has 8 atom stereocenters. The third kappa shape index (κ3) is 1.98. The van der Waals surface area contributed by atoms with Crippen molar-refractivity contribution in [2.75, 3.05) is 0 Å². The average Bonchev–Trinajstić information content (AvgIpc) is 2.78. The summed E-state index contributed by atoms with van der Waals surface area (Å²) in [6.45, 7) is 4.28. The number of carbonyl (C=O) groups is 1. The molecule has 4 fully saturated rings. The van der Waals surface area contributed by atoms with Crippen LogP contribution in [0.5, 0.6) is 0 Å². The van der Waals surface area contributed by atoms with Gasteiger partial charge in [-0.05, 0) is 81.0 Å². The molecule has 0 aromatic rings. The average molecular weight is 351 g/mol. The monoisotopic (exact) mass is 351 g/mol. The Kier molecular flexibility index (Phi) is 3.69. The van der Waals surface area contributed by atoms with Gasteiger partial charge in [0, 0.05) is 5.41 Å². The lowest BCUT2D eigenvalue weighted by Crippen LogP contribution is -2.69. The summed E-state index contributed by atoms with van der Waals surface area (Å²) in [5.41, 5.74) is 3.48. The summed E-state index contributed by atoms with van der Waals surface area (Å²) in [6, 6.07) is 0. The number of aliphatic hydroxyl groups is 2. The molecule has 5 N–H and O–H groups in total. The van der Waals surface area contributed by atoms with Gasteiger partial charge in [0.2, 0.25) is 0 Å². The van der Waals surface area contributed by atoms with Crippen molar-refractivity contribution in [1.82, 2.24) is 0 Å². The molecule has 0 bridgehead atoms. The van der Waals surface area contributed by atoms with E-state index in [2.05, 4.69) is 6.92 Å². The highest BCUT2D eigenvalue weighted by atomic mass is 16.4. The van der Waals surface area contributed by atoms with E-state index in [0.29, 0.717) is 31.1 Å². The highest BCUT2D eigenvalue weighted by Gasteiger charge is 2.73. The molecule has 4 aliphatic carbocycles. The second-order valence-electron chi connectivity index (χ2n) is 9.99. The van der Waals surface area contributed by atoms with Gasteiger partial charge >= 0.3 is 5.97 Å². The lowest BCUT2D eigenvalue weighted by atomic mass is 9.43. The summed E-state index contributed by atoms with van der Waals surface area (Å²) in [5, 5.41) is 31.7. The van der Waals surface area contributed by atoms with Crippen LogP contribution < -0.4 is 5.73 Å². The topological polar surface area (TPSA) is 104 Å². The first kappa shape index (κ1) is 17.7. The van der Waals surface area contributed by atoms with Crippen LogP contribution >= 0.6 is 0 Å². The molecule has 25 heavy (non-hydrogen) atoms. The van der Waals surface area contributed by atoms with E-state index in [1.807, 2.05) is 6.92 Å². The number of carboxylic acid groups (broad SMARTS) is 1. The molecular formula is C20H33NO4. The van der Waals surface area contributed by atoms with Gasteiger partial charge in [0.15, 0.2) is 0 Å². The maximum atomic E-state index is 11.9. The van der Waals surface area contributed by atoms with Gasteiger partial charge in [0.25, 0.3) is 0 Å². The third-order valence-electron chi connectivity index (χ3n) is 9.46. The second-order valence-corrected chi connectivity index (χ2v) is 9.99. The van der Waals surface area contributed by atoms with Crippen LogP contribution in [0.15, 0.2) is 0 Å². The quantitative estimate of drug-likeness (QED) is 0.580. The molecule has 0 aromatic heterocycles. The van der Waals surface area contributed by atoms with Crippen LogP contribution in [0.25, 0.3) is 0 Å². The van der Waals surface area contributed by atoms with Crippen molar-refractivity contribution in [3.05, 3.63) is 0 Å². The third-order valence-corrected chi connectivity index (χ3v) is 9.46. The minimum absolute atomic E-state index is 0.132. The standard InChI is InChI=1S/C20H33NO4/c1-17-7-5-13(22)11-12(17)3-4-15-14(17)6-8-18(2)19(21,16(23)24)9-10-20(15,18)25/h12-15,22,25H,3-11,21H2,1-2H3,(H,23,24)/t12-,13+,14+,15-,17+,18-,19+,20+/m1/s1. The molecule has 0 aliphatic heterocycles. The van der Waals surface area contributed by atoms with Crippen molar-refractivity contribution in [1.29, 1.82) is 0 Å². The van der Waals surface area contributed by atoms with Crippen LogP contribution in [0.4, 0.5) is 0 Å². The first-order valence-electron chi connectivity index (χ1n) is 10.0. The number of hydrogen-bond acceptors (Lipinski definition) is 4. The smallest absolute Gasteiger partial charge is 0.324 e. The predicted octanol–water partition coefficient (Wildman–Crippen LogP) is 2.29. The van der Waals surface area contributed by atoms with E-state index in [4.69, 9.17) is 5.73 Å². The van der Waals surface area contributed by atoms with Gasteiger partial charge in [-0.25, -0.2) is 0 Å². The van der Waals surface area contributed by atoms with E-state index < -0.39 is 22.5 Å². The molecule has 4 aliphatic rings. The number of rotatable bonds is 1. The highest BCUT2D eigenvalue weighted by Crippen LogP contribution is 2.69. The number of aliphatic hydroxyl groups excluding tert-OH is 1. The Morgan fingerprint density at radius 2 is 1.72 bits per heavy atom. The molecule has 5 nitrogen and oxygen atoms in total. The summed E-state index contributed by atoms with van der Waals surface area (Å²) in [7, 11) is 0. The van der Waals surface area contributed by atoms with E-state index in [1.54, 1.807) is 0 Å². The predicted molar refractivity (Wildman–Crippen MR) is 93.7 cm³/mol. The largest absolute Gasteiger partial charge is 0.480 e. The van der Waals surface area contributed by atoms with Gasteiger partial charge in [-0.3, -0.25) is 4.79 Å². The van der Waals surface area contributed by atoms with Crippen molar-refractivity contribution in [2.45, 2.75) is 88.9 Å². The minimum Gasteiger partial charge on any atom is -0.480 e. The summed E-state index contributed by atoms with van der Waals surface area (Å²) in [5.74, 6) is 0.0968. The first-order valence-corrected chi connectivity index (χ1v) is 10.0. The molecule has 0 heterocycles. The lowest BCUT2D eigenvalue weighted by molar-refractivity contribution is -0.215. The van der Waals surface area contributed by atoms with E-state index in [9.17, 15) is 20.1 Å². The Labute approximate surface area is 150 Å². The van der Waals surface area contributed by atoms with Crippen molar-refractivity contribution >= 4 is 5.97 Å². The molecule has 4 rings (SSSR count).